The lowest BCUT2D eigenvalue weighted by molar-refractivity contribution is -0.952. The average molecular weight is 251 g/mol. The van der Waals surface area contributed by atoms with Crippen molar-refractivity contribution in [3.05, 3.63) is 5.21 Å². The fraction of sp³-hybridized carbons (Fsp3) is 0.800. The van der Waals surface area contributed by atoms with E-state index in [-0.39, 0.29) is 12.8 Å². The van der Waals surface area contributed by atoms with E-state index in [9.17, 15) is 31.6 Å². The Morgan fingerprint density at radius 2 is 1.93 bits per heavy atom. The Labute approximate surface area is 83.3 Å². The van der Waals surface area contributed by atoms with Crippen molar-refractivity contribution in [3.8, 4) is 0 Å². The molecule has 1 N–H and O–H groups in total. The zero-order valence-corrected chi connectivity index (χ0v) is 8.31. The smallest absolute Gasteiger partial charge is 0.528 e. The zero-order chi connectivity index (χ0) is 12.3. The summed E-state index contributed by atoms with van der Waals surface area (Å²) >= 11 is 0. The summed E-state index contributed by atoms with van der Waals surface area (Å²) in [5, 5.41) is 8.53. The van der Waals surface area contributed by atoms with Crippen LogP contribution >= 0.6 is 0 Å². The minimum atomic E-state index is -6.03. The van der Waals surface area contributed by atoms with Gasteiger partial charge in [0, 0.05) is 0 Å². The highest BCUT2D eigenvalue weighted by Crippen LogP contribution is 2.22. The van der Waals surface area contributed by atoms with Gasteiger partial charge in [-0.3, -0.25) is 0 Å². The molecular formula is C5H8F3NO5S. The van der Waals surface area contributed by atoms with E-state index in [4.69, 9.17) is 0 Å². The van der Waals surface area contributed by atoms with Gasteiger partial charge in [-0.2, -0.15) is 21.6 Å². The van der Waals surface area contributed by atoms with Crippen LogP contribution in [0.15, 0.2) is 0 Å². The molecule has 10 heteroatoms. The van der Waals surface area contributed by atoms with Gasteiger partial charge in [-0.25, -0.2) is 4.79 Å². The summed E-state index contributed by atoms with van der Waals surface area (Å²) in [4.78, 5) is 10.6. The van der Waals surface area contributed by atoms with Gasteiger partial charge in [0.1, 0.15) is 0 Å². The molecule has 0 aliphatic carbocycles. The van der Waals surface area contributed by atoms with Crippen molar-refractivity contribution in [2.45, 2.75) is 25.3 Å². The lowest BCUT2D eigenvalue weighted by Gasteiger charge is -2.16. The largest absolute Gasteiger partial charge is 0.591 e. The van der Waals surface area contributed by atoms with Gasteiger partial charge in [-0.05, 0) is 6.42 Å². The first-order chi connectivity index (χ1) is 6.62. The molecule has 90 valence electrons. The van der Waals surface area contributed by atoms with Gasteiger partial charge in [-0.15, -0.1) is 5.23 Å². The highest BCUT2D eigenvalue weighted by Gasteiger charge is 2.50. The first-order valence-corrected chi connectivity index (χ1v) is 5.10. The molecule has 0 aliphatic rings. The Morgan fingerprint density at radius 1 is 1.47 bits per heavy atom. The van der Waals surface area contributed by atoms with Crippen molar-refractivity contribution in [1.29, 1.82) is 0 Å². The molecule has 1 unspecified atom stereocenters. The van der Waals surface area contributed by atoms with Crippen LogP contribution in [0.4, 0.5) is 13.2 Å². The molecule has 1 amide bonds. The summed E-state index contributed by atoms with van der Waals surface area (Å²) in [5.41, 5.74) is -5.71. The maximum atomic E-state index is 11.7. The van der Waals surface area contributed by atoms with E-state index in [1.54, 1.807) is 0 Å². The molecule has 0 fully saturated rings. The van der Waals surface area contributed by atoms with Crippen LogP contribution in [-0.4, -0.2) is 19.8 Å². The number of hydroxylamine groups is 2. The van der Waals surface area contributed by atoms with Gasteiger partial charge in [0.2, 0.25) is 0 Å². The first-order valence-electron chi connectivity index (χ1n) is 3.69. The van der Waals surface area contributed by atoms with E-state index >= 15 is 0 Å². The van der Waals surface area contributed by atoms with Crippen molar-refractivity contribution in [2.75, 3.05) is 0 Å². The zero-order valence-electron chi connectivity index (χ0n) is 7.50. The maximum Gasteiger partial charge on any atom is 0.528 e. The molecule has 6 nitrogen and oxygen atoms in total. The molecule has 0 heterocycles. The van der Waals surface area contributed by atoms with Gasteiger partial charge in [0.15, 0.2) is 0 Å². The molecular weight excluding hydrogens is 243 g/mol. The summed E-state index contributed by atoms with van der Waals surface area (Å²) in [5.74, 6) is -1.31. The van der Waals surface area contributed by atoms with Crippen LogP contribution in [0.25, 0.3) is 0 Å². The van der Waals surface area contributed by atoms with Crippen molar-refractivity contribution >= 4 is 16.0 Å². The van der Waals surface area contributed by atoms with E-state index in [1.807, 2.05) is 0 Å². The number of alkyl halides is 3. The number of carbonyl (C=O) groups is 1. The molecule has 0 spiro atoms. The van der Waals surface area contributed by atoms with E-state index < -0.39 is 26.8 Å². The van der Waals surface area contributed by atoms with Crippen molar-refractivity contribution < 1.29 is 35.9 Å². The Bertz CT molecular complexity index is 324. The van der Waals surface area contributed by atoms with E-state index in [1.165, 1.54) is 6.92 Å². The van der Waals surface area contributed by atoms with Gasteiger partial charge >= 0.3 is 21.5 Å². The third-order valence-corrected chi connectivity index (χ3v) is 2.11. The van der Waals surface area contributed by atoms with Crippen molar-refractivity contribution in [1.82, 2.24) is 0 Å². The summed E-state index contributed by atoms with van der Waals surface area (Å²) in [7, 11) is -6.03. The average Bonchev–Trinajstić information content (AvgIpc) is 2.01. The highest BCUT2D eigenvalue weighted by atomic mass is 32.2. The van der Waals surface area contributed by atoms with Crippen LogP contribution in [0.5, 0.6) is 0 Å². The molecule has 0 bridgehead atoms. The minimum absolute atomic E-state index is 0.194. The molecule has 0 aliphatic heterocycles. The van der Waals surface area contributed by atoms with Gasteiger partial charge in [0.05, 0.1) is 6.42 Å². The van der Waals surface area contributed by atoms with Crippen LogP contribution < -0.4 is 5.23 Å². The monoisotopic (exact) mass is 251 g/mol. The predicted molar refractivity (Wildman–Crippen MR) is 40.3 cm³/mol. The Hall–Kier alpha value is -0.710. The van der Waals surface area contributed by atoms with Gasteiger partial charge < -0.3 is 5.21 Å². The molecule has 0 saturated heterocycles. The highest BCUT2D eigenvalue weighted by molar-refractivity contribution is 7.87. The molecule has 0 aromatic rings. The fourth-order valence-corrected chi connectivity index (χ4v) is 0.909. The Kier molecular flexibility index (Phi) is 4.65. The fourth-order valence-electron chi connectivity index (χ4n) is 0.522. The number of amides is 1. The minimum Gasteiger partial charge on any atom is -0.591 e. The lowest BCUT2D eigenvalue weighted by Crippen LogP contribution is -3.09. The number of halogens is 3. The van der Waals surface area contributed by atoms with E-state index in [2.05, 4.69) is 4.28 Å². The normalized spacial score (nSPS) is 15.0. The summed E-state index contributed by atoms with van der Waals surface area (Å²) in [6.45, 7) is 1.49. The van der Waals surface area contributed by atoms with Crippen LogP contribution in [0.1, 0.15) is 19.8 Å². The molecule has 1 atom stereocenters. The second-order valence-electron chi connectivity index (χ2n) is 2.44. The van der Waals surface area contributed by atoms with Gasteiger partial charge in [-0.1, -0.05) is 11.2 Å². The Balaban J connectivity index is 4.56. The third-order valence-electron chi connectivity index (χ3n) is 1.17. The lowest BCUT2D eigenvalue weighted by atomic mass is 10.3. The van der Waals surface area contributed by atoms with Gasteiger partial charge in [0.25, 0.3) is 0 Å². The second kappa shape index (κ2) is 4.88. The second-order valence-corrected chi connectivity index (χ2v) is 3.98. The molecule has 0 rings (SSSR count). The molecule has 0 radical (unpaired) electrons. The standard InChI is InChI=1S/C5H8F3NO5S/c1-2-3-4(10)9(11)14-15(12,13)5(6,7)8/h9H,2-3H2,1H3. The number of rotatable bonds is 4. The molecule has 0 aromatic carbocycles. The Morgan fingerprint density at radius 3 is 2.27 bits per heavy atom. The predicted octanol–water partition coefficient (Wildman–Crippen LogP) is -0.523. The number of carbonyl (C=O) groups excluding carboxylic acids is 1. The van der Waals surface area contributed by atoms with Crippen molar-refractivity contribution in [3.63, 3.8) is 0 Å². The molecule has 0 saturated carbocycles. The topological polar surface area (TPSA) is 87.9 Å². The molecule has 15 heavy (non-hydrogen) atoms. The summed E-state index contributed by atoms with van der Waals surface area (Å²) in [6, 6.07) is 0. The molecule has 0 aromatic heterocycles. The summed E-state index contributed by atoms with van der Waals surface area (Å²) in [6.07, 6.45) is -0.174. The maximum absolute atomic E-state index is 11.7. The van der Waals surface area contributed by atoms with E-state index in [0.717, 1.165) is 0 Å². The van der Waals surface area contributed by atoms with Crippen LogP contribution in [0.2, 0.25) is 0 Å². The summed E-state index contributed by atoms with van der Waals surface area (Å²) < 4.78 is 58.6. The van der Waals surface area contributed by atoms with Crippen LogP contribution in [0.3, 0.4) is 0 Å². The third kappa shape index (κ3) is 4.11. The number of nitrogens with one attached hydrogen (secondary N) is 1. The van der Waals surface area contributed by atoms with Crippen molar-refractivity contribution in [2.24, 2.45) is 0 Å². The van der Waals surface area contributed by atoms with E-state index in [0.29, 0.717) is 0 Å². The SMILES string of the molecule is CCCC(=O)[NH+]([O-])OS(=O)(=O)C(F)(F)F. The number of hydrogen-bond donors (Lipinski definition) is 1. The van der Waals surface area contributed by atoms with Crippen LogP contribution in [-0.2, 0) is 19.2 Å². The quantitative estimate of drug-likeness (QED) is 0.536. The first kappa shape index (κ1) is 14.3. The van der Waals surface area contributed by atoms with Crippen LogP contribution in [0, 0.1) is 5.21 Å². The number of hydrogen-bond acceptors (Lipinski definition) is 5. The number of quaternary nitrogens is 1.